The largest absolute Gasteiger partial charge is 2.00 e. The van der Waals surface area contributed by atoms with Crippen molar-refractivity contribution in [3.63, 3.8) is 0 Å². The zero-order chi connectivity index (χ0) is 8.36. The number of hydrogen-bond acceptors (Lipinski definition) is 3. The van der Waals surface area contributed by atoms with Gasteiger partial charge >= 0.3 is 33.2 Å². The van der Waals surface area contributed by atoms with Gasteiger partial charge in [-0.25, -0.2) is 0 Å². The summed E-state index contributed by atoms with van der Waals surface area (Å²) >= 11 is 0. The Bertz CT molecular complexity index is 261. The van der Waals surface area contributed by atoms with Gasteiger partial charge in [-0.2, -0.15) is 8.42 Å². The van der Waals surface area contributed by atoms with Crippen LogP contribution in [-0.2, 0) is 14.3 Å². The Morgan fingerprint density at radius 1 is 1.36 bits per heavy atom. The van der Waals surface area contributed by atoms with Gasteiger partial charge in [0.15, 0.2) is 0 Å². The van der Waals surface area contributed by atoms with E-state index in [0.29, 0.717) is 0 Å². The van der Waals surface area contributed by atoms with Gasteiger partial charge in [0.05, 0.1) is 4.91 Å². The second-order valence-electron chi connectivity index (χ2n) is 1.94. The Morgan fingerprint density at radius 3 is 1.82 bits per heavy atom. The maximum absolute atomic E-state index is 10.8. The van der Waals surface area contributed by atoms with Gasteiger partial charge in [0.25, 0.3) is 0 Å². The monoisotopic (exact) mass is 188 g/mol. The van der Waals surface area contributed by atoms with Crippen LogP contribution in [0.2, 0.25) is 0 Å². The first-order valence-electron chi connectivity index (χ1n) is 2.62. The number of allylic oxidation sites excluding steroid dienone is 2. The molecule has 62 valence electrons. The summed E-state index contributed by atoms with van der Waals surface area (Å²) in [4.78, 5) is -0.0181. The van der Waals surface area contributed by atoms with Gasteiger partial charge in [0, 0.05) is 0 Å². The average Bonchev–Trinajstić information content (AvgIpc) is 1.60. The van der Waals surface area contributed by atoms with E-state index in [4.69, 9.17) is 0 Å². The van der Waals surface area contributed by atoms with Gasteiger partial charge in [0.1, 0.15) is 5.76 Å². The van der Waals surface area contributed by atoms with E-state index in [-0.39, 0.29) is 36.6 Å². The molecule has 5 heteroatoms. The molecule has 0 spiro atoms. The fourth-order valence-corrected chi connectivity index (χ4v) is 0.775. The third-order valence-electron chi connectivity index (χ3n) is 0.679. The van der Waals surface area contributed by atoms with Gasteiger partial charge in [-0.3, -0.25) is 0 Å². The molecule has 0 aliphatic carbocycles. The van der Waals surface area contributed by atoms with Crippen LogP contribution in [0.25, 0.3) is 0 Å². The summed E-state index contributed by atoms with van der Waals surface area (Å²) in [6, 6.07) is 0. The fourth-order valence-electron chi connectivity index (χ4n) is 0.258. The Kier molecular flexibility index (Phi) is 5.91. The first-order chi connectivity index (χ1) is 4.36. The summed E-state index contributed by atoms with van der Waals surface area (Å²) in [7, 11) is -3.59. The third-order valence-corrected chi connectivity index (χ3v) is 2.04. The topological polar surface area (TPSA) is 43.4 Å². The van der Waals surface area contributed by atoms with Crippen LogP contribution < -0.4 is 0 Å². The smallest absolute Gasteiger partial charge is 1.00 e. The van der Waals surface area contributed by atoms with Crippen molar-refractivity contribution in [2.75, 3.05) is 0 Å². The summed E-state index contributed by atoms with van der Waals surface area (Å²) in [5, 5.41) is 0. The molecule has 0 unspecified atom stereocenters. The molecule has 0 bridgehead atoms. The molecule has 0 aromatic carbocycles. The first-order valence-corrected chi connectivity index (χ1v) is 4.02. The molecule has 0 aliphatic heterocycles. The van der Waals surface area contributed by atoms with E-state index in [2.05, 4.69) is 17.3 Å². The minimum absolute atomic E-state index is 0. The summed E-state index contributed by atoms with van der Waals surface area (Å²) in [5.74, 6) is 0.142. The average molecular weight is 189 g/mol. The molecule has 11 heavy (non-hydrogen) atoms. The van der Waals surface area contributed by atoms with E-state index in [1.54, 1.807) is 0 Å². The maximum atomic E-state index is 10.8. The molecular weight excluding hydrogens is 176 g/mol. The van der Waals surface area contributed by atoms with E-state index < -0.39 is 10.1 Å². The molecule has 0 N–H and O–H groups in total. The first kappa shape index (κ1) is 13.6. The van der Waals surface area contributed by atoms with Crippen molar-refractivity contribution >= 4 is 33.2 Å². The molecule has 0 atom stereocenters. The molecule has 0 fully saturated rings. The molecule has 0 amide bonds. The summed E-state index contributed by atoms with van der Waals surface area (Å²) in [6.45, 7) is 9.32. The molecule has 3 nitrogen and oxygen atoms in total. The SMILES string of the molecule is C=C(C)OS(=O)(=O)C(=C)C.[H-].[H-].[Mg+2]. The number of rotatable bonds is 3. The van der Waals surface area contributed by atoms with Crippen LogP contribution in [0.3, 0.4) is 0 Å². The van der Waals surface area contributed by atoms with Crippen LogP contribution in [0.5, 0.6) is 0 Å². The van der Waals surface area contributed by atoms with Gasteiger partial charge in [-0.1, -0.05) is 13.2 Å². The van der Waals surface area contributed by atoms with Gasteiger partial charge in [0.2, 0.25) is 0 Å². The van der Waals surface area contributed by atoms with E-state index in [0.717, 1.165) is 0 Å². The van der Waals surface area contributed by atoms with Crippen molar-refractivity contribution in [2.24, 2.45) is 0 Å². The van der Waals surface area contributed by atoms with E-state index >= 15 is 0 Å². The Balaban J connectivity index is -0.000000135. The Labute approximate surface area is 86.4 Å². The van der Waals surface area contributed by atoms with E-state index in [1.165, 1.54) is 13.8 Å². The van der Waals surface area contributed by atoms with Crippen molar-refractivity contribution in [3.05, 3.63) is 23.8 Å². The minimum atomic E-state index is -3.59. The van der Waals surface area contributed by atoms with Crippen LogP contribution in [0.15, 0.2) is 23.8 Å². The van der Waals surface area contributed by atoms with Crippen LogP contribution in [-0.4, -0.2) is 31.5 Å². The van der Waals surface area contributed by atoms with E-state index in [9.17, 15) is 8.42 Å². The molecular formula is C6H12MgO3S. The molecule has 0 aromatic heterocycles. The van der Waals surface area contributed by atoms with Gasteiger partial charge < -0.3 is 7.04 Å². The van der Waals surface area contributed by atoms with Crippen LogP contribution in [0.1, 0.15) is 16.7 Å². The third kappa shape index (κ3) is 5.29. The minimum Gasteiger partial charge on any atom is -1.00 e. The maximum Gasteiger partial charge on any atom is 2.00 e. The van der Waals surface area contributed by atoms with Crippen molar-refractivity contribution < 1.29 is 15.5 Å². The van der Waals surface area contributed by atoms with Crippen molar-refractivity contribution in [2.45, 2.75) is 13.8 Å². The predicted molar refractivity (Wildman–Crippen MR) is 47.6 cm³/mol. The second-order valence-corrected chi connectivity index (χ2v) is 3.71. The predicted octanol–water partition coefficient (Wildman–Crippen LogP) is 1.24. The van der Waals surface area contributed by atoms with Crippen LogP contribution in [0.4, 0.5) is 0 Å². The summed E-state index contributed by atoms with van der Waals surface area (Å²) in [5.41, 5.74) is 0. The molecule has 0 heterocycles. The molecule has 0 rings (SSSR count). The van der Waals surface area contributed by atoms with Gasteiger partial charge in [-0.15, -0.1) is 0 Å². The zero-order valence-electron chi connectivity index (χ0n) is 8.75. The normalized spacial score (nSPS) is 9.64. The zero-order valence-corrected chi connectivity index (χ0v) is 8.99. The summed E-state index contributed by atoms with van der Waals surface area (Å²) < 4.78 is 25.9. The quantitative estimate of drug-likeness (QED) is 0.380. The Hall–Kier alpha value is -0.00377. The van der Waals surface area contributed by atoms with Crippen molar-refractivity contribution in [3.8, 4) is 0 Å². The molecule has 0 aliphatic rings. The fraction of sp³-hybridized carbons (Fsp3) is 0.333. The molecule has 0 saturated carbocycles. The van der Waals surface area contributed by atoms with Gasteiger partial charge in [-0.05, 0) is 13.8 Å². The van der Waals surface area contributed by atoms with E-state index in [1.807, 2.05) is 0 Å². The van der Waals surface area contributed by atoms with Crippen LogP contribution >= 0.6 is 0 Å². The molecule has 0 radical (unpaired) electrons. The summed E-state index contributed by atoms with van der Waals surface area (Å²) in [6.07, 6.45) is 0. The second kappa shape index (κ2) is 4.79. The Morgan fingerprint density at radius 2 is 1.73 bits per heavy atom. The standard InChI is InChI=1S/C6H10O3S.Mg.2H/c1-5(2)9-10(7,8)6(3)4;;;/h1,3H2,2,4H3;;;/q;+2;2*-1. The molecule has 0 aromatic rings. The van der Waals surface area contributed by atoms with Crippen molar-refractivity contribution in [1.29, 1.82) is 0 Å². The van der Waals surface area contributed by atoms with Crippen LogP contribution in [0, 0.1) is 0 Å². The van der Waals surface area contributed by atoms with Crippen molar-refractivity contribution in [1.82, 2.24) is 0 Å². The molecule has 0 saturated heterocycles. The number of hydrogen-bond donors (Lipinski definition) is 0.